The summed E-state index contributed by atoms with van der Waals surface area (Å²) in [4.78, 5) is 11.2. The number of aliphatic imine (C=N–C) groups is 1. The van der Waals surface area contributed by atoms with E-state index < -0.39 is 45.8 Å². The van der Waals surface area contributed by atoms with Gasteiger partial charge in [0, 0.05) is 58.6 Å². The summed E-state index contributed by atoms with van der Waals surface area (Å²) in [7, 11) is -3.72. The lowest BCUT2D eigenvalue weighted by atomic mass is 9.92. The first kappa shape index (κ1) is 28.3. The number of hydrogen-bond acceptors (Lipinski definition) is 8. The fourth-order valence-corrected chi connectivity index (χ4v) is 8.34. The van der Waals surface area contributed by atoms with Crippen LogP contribution in [0.1, 0.15) is 61.0 Å². The number of nitrogens with one attached hydrogen (secondary N) is 1. The van der Waals surface area contributed by atoms with Crippen LogP contribution >= 0.6 is 22.9 Å². The third-order valence-electron chi connectivity index (χ3n) is 7.64. The van der Waals surface area contributed by atoms with Crippen LogP contribution in [0.15, 0.2) is 52.7 Å². The van der Waals surface area contributed by atoms with Gasteiger partial charge in [-0.2, -0.15) is 13.9 Å². The summed E-state index contributed by atoms with van der Waals surface area (Å²) < 4.78 is 71.1. The highest BCUT2D eigenvalue weighted by Gasteiger charge is 2.43. The van der Waals surface area contributed by atoms with E-state index in [1.165, 1.54) is 29.5 Å². The fraction of sp³-hybridized carbons (Fsp3) is 0.423. The molecule has 3 aliphatic rings. The first-order valence-electron chi connectivity index (χ1n) is 13.1. The molecule has 0 radical (unpaired) electrons. The molecule has 0 spiro atoms. The van der Waals surface area contributed by atoms with Crippen LogP contribution in [0.5, 0.6) is 0 Å². The monoisotopic (exact) mass is 626 g/mol. The third kappa shape index (κ3) is 5.55. The Morgan fingerprint density at radius 3 is 2.61 bits per heavy atom. The summed E-state index contributed by atoms with van der Waals surface area (Å²) in [5.74, 6) is -0.0676. The average molecular weight is 627 g/mol. The second-order valence-electron chi connectivity index (χ2n) is 10.3. The number of alkyl halides is 2. The van der Waals surface area contributed by atoms with Crippen molar-refractivity contribution < 1.29 is 26.7 Å². The molecule has 2 aliphatic heterocycles. The van der Waals surface area contributed by atoms with Gasteiger partial charge >= 0.3 is 6.55 Å². The van der Waals surface area contributed by atoms with Crippen LogP contribution in [0.3, 0.4) is 0 Å². The van der Waals surface area contributed by atoms with Gasteiger partial charge in [0.25, 0.3) is 0 Å². The van der Waals surface area contributed by atoms with E-state index in [9.17, 15) is 26.7 Å². The lowest BCUT2D eigenvalue weighted by Crippen LogP contribution is -2.44. The summed E-state index contributed by atoms with van der Waals surface area (Å²) in [6, 6.07) is 3.96. The van der Waals surface area contributed by atoms with Crippen molar-refractivity contribution in [1.82, 2.24) is 24.4 Å². The topological polar surface area (TPSA) is 113 Å². The zero-order chi connectivity index (χ0) is 28.9. The van der Waals surface area contributed by atoms with Crippen molar-refractivity contribution in [3.8, 4) is 0 Å². The molecule has 2 aromatic heterocycles. The quantitative estimate of drug-likeness (QED) is 0.392. The number of hydrogen-bond donors (Lipinski definition) is 2. The van der Waals surface area contributed by atoms with Crippen molar-refractivity contribution in [2.24, 2.45) is 4.99 Å². The van der Waals surface area contributed by atoms with Gasteiger partial charge in [-0.05, 0) is 43.9 Å². The smallest absolute Gasteiger partial charge is 0.333 e. The molecular weight excluding hydrogens is 601 g/mol. The van der Waals surface area contributed by atoms with E-state index in [2.05, 4.69) is 14.8 Å². The van der Waals surface area contributed by atoms with Crippen LogP contribution in [-0.4, -0.2) is 63.0 Å². The van der Waals surface area contributed by atoms with E-state index in [1.807, 2.05) is 4.90 Å². The van der Waals surface area contributed by atoms with Gasteiger partial charge in [0.1, 0.15) is 11.9 Å². The second-order valence-corrected chi connectivity index (χ2v) is 13.6. The molecule has 15 heteroatoms. The number of amidine groups is 1. The standard InChI is InChI=1S/C26H26ClF3N6O3S2/c27-19-11-14(28)1-6-18(19)23-22(20-7-9-36(33-20)26(29)30)21-12-15(13-35(21)24(32-23)25-31-8-10-40-25)34-41(38,39)17-4-2-16(37)3-5-17/h1,6-11,15-17,23,26,34,37H,2-5,12-13H2/t15-,16?,17?,23-/m0/s1. The lowest BCUT2D eigenvalue weighted by molar-refractivity contribution is 0.0564. The Labute approximate surface area is 243 Å². The zero-order valence-electron chi connectivity index (χ0n) is 21.5. The molecule has 2 fully saturated rings. The number of thiazole rings is 1. The normalized spacial score (nSPS) is 25.1. The first-order valence-corrected chi connectivity index (χ1v) is 15.9. The number of aromatic nitrogens is 3. The van der Waals surface area contributed by atoms with Crippen LogP contribution in [0.4, 0.5) is 13.2 Å². The van der Waals surface area contributed by atoms with Crippen LogP contribution in [0.2, 0.25) is 5.02 Å². The molecule has 9 nitrogen and oxygen atoms in total. The Hall–Kier alpha value is -2.78. The SMILES string of the molecule is O=S(=O)(N[C@H]1CC2=C(c3ccn(C(F)F)n3)[C@H](c3ccc(F)cc3Cl)N=C(c3nccs3)N2C1)C1CCC(O)CC1. The molecular formula is C26H26ClF3N6O3S2. The van der Waals surface area contributed by atoms with Crippen molar-refractivity contribution >= 4 is 44.4 Å². The van der Waals surface area contributed by atoms with E-state index >= 15 is 0 Å². The number of rotatable bonds is 7. The van der Waals surface area contributed by atoms with Crippen molar-refractivity contribution in [3.63, 3.8) is 0 Å². The van der Waals surface area contributed by atoms with Crippen LogP contribution in [0.25, 0.3) is 5.57 Å². The van der Waals surface area contributed by atoms with Crippen LogP contribution < -0.4 is 4.72 Å². The van der Waals surface area contributed by atoms with Crippen molar-refractivity contribution in [2.75, 3.05) is 6.54 Å². The van der Waals surface area contributed by atoms with Crippen LogP contribution in [-0.2, 0) is 10.0 Å². The number of nitrogens with zero attached hydrogens (tertiary/aromatic N) is 5. The van der Waals surface area contributed by atoms with Gasteiger partial charge in [-0.15, -0.1) is 11.3 Å². The van der Waals surface area contributed by atoms with Gasteiger partial charge in [-0.25, -0.2) is 27.2 Å². The maximum atomic E-state index is 14.0. The summed E-state index contributed by atoms with van der Waals surface area (Å²) in [5, 5.41) is 15.8. The second kappa shape index (κ2) is 11.1. The molecule has 1 aliphatic carbocycles. The van der Waals surface area contributed by atoms with Gasteiger partial charge in [0.05, 0.1) is 17.0 Å². The molecule has 0 bridgehead atoms. The van der Waals surface area contributed by atoms with E-state index in [-0.39, 0.29) is 23.7 Å². The third-order valence-corrected chi connectivity index (χ3v) is 10.7. The maximum absolute atomic E-state index is 14.0. The van der Waals surface area contributed by atoms with Gasteiger partial charge in [-0.3, -0.25) is 4.99 Å². The lowest BCUT2D eigenvalue weighted by Gasteiger charge is -2.32. The predicted octanol–water partition coefficient (Wildman–Crippen LogP) is 4.74. The van der Waals surface area contributed by atoms with E-state index in [1.54, 1.807) is 11.6 Å². The summed E-state index contributed by atoms with van der Waals surface area (Å²) in [6.07, 6.45) is 4.09. The Morgan fingerprint density at radius 2 is 1.95 bits per heavy atom. The van der Waals surface area contributed by atoms with Crippen molar-refractivity contribution in [2.45, 2.75) is 62.1 Å². The minimum absolute atomic E-state index is 0.104. The predicted molar refractivity (Wildman–Crippen MR) is 149 cm³/mol. The number of benzene rings is 1. The average Bonchev–Trinajstić information content (AvgIpc) is 3.69. The number of sulfonamides is 1. The summed E-state index contributed by atoms with van der Waals surface area (Å²) in [6.45, 7) is -2.64. The highest BCUT2D eigenvalue weighted by molar-refractivity contribution is 7.90. The minimum Gasteiger partial charge on any atom is -0.393 e. The molecule has 2 atom stereocenters. The Morgan fingerprint density at radius 1 is 1.17 bits per heavy atom. The van der Waals surface area contributed by atoms with Gasteiger partial charge in [-0.1, -0.05) is 17.7 Å². The minimum atomic E-state index is -3.72. The van der Waals surface area contributed by atoms with Gasteiger partial charge < -0.3 is 10.0 Å². The van der Waals surface area contributed by atoms with Gasteiger partial charge in [0.2, 0.25) is 10.0 Å². The molecule has 3 aromatic rings. The molecule has 2 N–H and O–H groups in total. The van der Waals surface area contributed by atoms with Crippen LogP contribution in [0, 0.1) is 5.82 Å². The highest BCUT2D eigenvalue weighted by Crippen LogP contribution is 2.46. The molecule has 6 rings (SSSR count). The van der Waals surface area contributed by atoms with E-state index in [0.29, 0.717) is 58.0 Å². The highest BCUT2D eigenvalue weighted by atomic mass is 35.5. The fourth-order valence-electron chi connectivity index (χ4n) is 5.72. The molecule has 1 aromatic carbocycles. The van der Waals surface area contributed by atoms with E-state index in [0.717, 1.165) is 12.3 Å². The Bertz CT molecular complexity index is 1600. The molecule has 1 saturated heterocycles. The number of aliphatic hydroxyl groups is 1. The number of halogens is 4. The Kier molecular flexibility index (Phi) is 7.70. The molecule has 0 amide bonds. The van der Waals surface area contributed by atoms with Crippen molar-refractivity contribution in [1.29, 1.82) is 0 Å². The molecule has 41 heavy (non-hydrogen) atoms. The first-order chi connectivity index (χ1) is 19.6. The molecule has 218 valence electrons. The van der Waals surface area contributed by atoms with Crippen molar-refractivity contribution in [3.05, 3.63) is 74.8 Å². The summed E-state index contributed by atoms with van der Waals surface area (Å²) >= 11 is 7.83. The molecule has 4 heterocycles. The number of aliphatic hydroxyl groups excluding tert-OH is 1. The zero-order valence-corrected chi connectivity index (χ0v) is 23.9. The Balaban J connectivity index is 1.45. The molecule has 1 saturated carbocycles. The largest absolute Gasteiger partial charge is 0.393 e. The van der Waals surface area contributed by atoms with Gasteiger partial charge in [0.15, 0.2) is 10.8 Å². The molecule has 0 unspecified atom stereocenters. The summed E-state index contributed by atoms with van der Waals surface area (Å²) in [5.41, 5.74) is 1.78. The maximum Gasteiger partial charge on any atom is 0.333 e. The number of fused-ring (bicyclic) bond motifs is 1. The van der Waals surface area contributed by atoms with E-state index in [4.69, 9.17) is 16.6 Å².